The van der Waals surface area contributed by atoms with Gasteiger partial charge in [-0.3, -0.25) is 9.80 Å². The Balaban J connectivity index is 0.00000400. The number of anilines is 2. The number of hydrogen-bond acceptors (Lipinski definition) is 2. The van der Waals surface area contributed by atoms with E-state index in [9.17, 15) is 0 Å². The van der Waals surface area contributed by atoms with Gasteiger partial charge in [0.2, 0.25) is 0 Å². The summed E-state index contributed by atoms with van der Waals surface area (Å²) in [5, 5.41) is 0. The first-order valence-electron chi connectivity index (χ1n) is 17.5. The van der Waals surface area contributed by atoms with Gasteiger partial charge in [0.15, 0.2) is 0 Å². The van der Waals surface area contributed by atoms with Gasteiger partial charge < -0.3 is 0 Å². The summed E-state index contributed by atoms with van der Waals surface area (Å²) in [5.41, 5.74) is 15.2. The monoisotopic (exact) mass is 840 g/mol. The third-order valence-corrected chi connectivity index (χ3v) is 16.9. The molecule has 2 nitrogen and oxygen atoms in total. The number of halogens is 2. The van der Waals surface area contributed by atoms with Gasteiger partial charge in [-0.05, 0) is 157 Å². The van der Waals surface area contributed by atoms with Crippen LogP contribution in [0.15, 0.2) is 44.9 Å². The van der Waals surface area contributed by atoms with Crippen molar-refractivity contribution in [2.45, 2.75) is 148 Å². The van der Waals surface area contributed by atoms with Gasteiger partial charge in [-0.25, -0.2) is 0 Å². The van der Waals surface area contributed by atoms with Crippen molar-refractivity contribution >= 4 is 51.2 Å². The fourth-order valence-electron chi connectivity index (χ4n) is 9.37. The van der Waals surface area contributed by atoms with Crippen LogP contribution in [0, 0.1) is 41.5 Å². The fraction of sp³-hybridized carbons (Fsp3) is 0.590. The second-order valence-corrected chi connectivity index (χ2v) is 18.9. The molecule has 1 unspecified atom stereocenters. The van der Waals surface area contributed by atoms with Gasteiger partial charge in [0.25, 0.3) is 0 Å². The molecule has 0 radical (unpaired) electrons. The van der Waals surface area contributed by atoms with E-state index in [4.69, 9.17) is 0 Å². The van der Waals surface area contributed by atoms with E-state index < -0.39 is 0 Å². The van der Waals surface area contributed by atoms with E-state index >= 15 is 0 Å². The van der Waals surface area contributed by atoms with E-state index in [2.05, 4.69) is 107 Å². The van der Waals surface area contributed by atoms with Crippen LogP contribution in [0.25, 0.3) is 0 Å². The molecule has 0 saturated heterocycles. The minimum Gasteiger partial charge on any atom is -0.287 e. The van der Waals surface area contributed by atoms with Crippen LogP contribution in [0.3, 0.4) is 0 Å². The molecule has 4 aliphatic rings. The Labute approximate surface area is 305 Å². The largest absolute Gasteiger partial charge is 0.287 e. The van der Waals surface area contributed by atoms with Crippen molar-refractivity contribution in [1.82, 2.24) is 0 Å². The molecule has 6 heteroatoms. The first kappa shape index (κ1) is 35.8. The Morgan fingerprint density at radius 3 is 1.33 bits per heavy atom. The van der Waals surface area contributed by atoms with Crippen LogP contribution in [0.4, 0.5) is 11.4 Å². The Kier molecular flexibility index (Phi) is 12.3. The average Bonchev–Trinajstić information content (AvgIpc) is 3.23. The molecule has 0 bridgehead atoms. The predicted molar refractivity (Wildman–Crippen MR) is 201 cm³/mol. The molecule has 2 aromatic rings. The minimum atomic E-state index is -0.0763. The molecule has 246 valence electrons. The third-order valence-electron chi connectivity index (χ3n) is 10.9. The Morgan fingerprint density at radius 1 is 0.556 bits per heavy atom. The maximum atomic E-state index is 4.20. The van der Waals surface area contributed by atoms with Crippen molar-refractivity contribution in [3.63, 3.8) is 0 Å². The topological polar surface area (TPSA) is 6.48 Å². The van der Waals surface area contributed by atoms with Crippen molar-refractivity contribution < 1.29 is 19.5 Å². The van der Waals surface area contributed by atoms with E-state index in [1.54, 1.807) is 5.57 Å². The van der Waals surface area contributed by atoms with Gasteiger partial charge in [-0.15, -0.1) is 0 Å². The maximum Gasteiger partial charge on any atom is 0.123 e. The predicted octanol–water partition coefficient (Wildman–Crippen LogP) is 13.1. The van der Waals surface area contributed by atoms with Crippen LogP contribution in [-0.2, 0) is 19.5 Å². The maximum absolute atomic E-state index is 4.20. The van der Waals surface area contributed by atoms with E-state index in [1.807, 2.05) is 0 Å². The quantitative estimate of drug-likeness (QED) is 0.168. The summed E-state index contributed by atoms with van der Waals surface area (Å²) in [4.78, 5) is 5.24. The number of hydrogen-bond donors (Lipinski definition) is 0. The van der Waals surface area contributed by atoms with Crippen LogP contribution in [0.5, 0.6) is 0 Å². The SMILES string of the molecule is Cc1cc(C)c(N2C(Br)=C(Br)N(c3c(C)cc(C)cc3C)C2=C2CCCCC2P(C2CCCCC2)C2CCCCC2)c(C)c1.[Ru]. The molecule has 3 fully saturated rings. The Bertz CT molecular complexity index is 1310. The molecule has 2 aromatic carbocycles. The molecule has 45 heavy (non-hydrogen) atoms. The van der Waals surface area contributed by atoms with Crippen molar-refractivity contribution in [1.29, 1.82) is 0 Å². The number of allylic oxidation sites excluding steroid dienone is 1. The Morgan fingerprint density at radius 2 is 0.933 bits per heavy atom. The van der Waals surface area contributed by atoms with Gasteiger partial charge in [0, 0.05) is 25.1 Å². The summed E-state index contributed by atoms with van der Waals surface area (Å²) in [6.07, 6.45) is 19.9. The zero-order chi connectivity index (χ0) is 31.1. The van der Waals surface area contributed by atoms with Crippen molar-refractivity contribution in [2.24, 2.45) is 0 Å². The molecule has 3 aliphatic carbocycles. The van der Waals surface area contributed by atoms with Gasteiger partial charge in [0.05, 0.1) is 11.4 Å². The Hall–Kier alpha value is -0.467. The average molecular weight is 842 g/mol. The number of benzene rings is 2. The second-order valence-electron chi connectivity index (χ2n) is 14.4. The summed E-state index contributed by atoms with van der Waals surface area (Å²) in [6, 6.07) is 9.50. The molecular weight excluding hydrogens is 788 g/mol. The number of nitrogens with zero attached hydrogens (tertiary/aromatic N) is 2. The molecule has 0 N–H and O–H groups in total. The number of rotatable bonds is 5. The van der Waals surface area contributed by atoms with Crippen molar-refractivity contribution in [2.75, 3.05) is 9.80 Å². The minimum absolute atomic E-state index is 0. The molecule has 0 spiro atoms. The van der Waals surface area contributed by atoms with Gasteiger partial charge in [-0.2, -0.15) is 0 Å². The summed E-state index contributed by atoms with van der Waals surface area (Å²) < 4.78 is 2.27. The molecular formula is C39H53Br2N2PRu. The molecule has 1 atom stereocenters. The number of aryl methyl sites for hydroxylation is 6. The van der Waals surface area contributed by atoms with Crippen molar-refractivity contribution in [3.05, 3.63) is 78.3 Å². The fourth-order valence-corrected chi connectivity index (χ4v) is 15.0. The zero-order valence-electron chi connectivity index (χ0n) is 28.4. The third kappa shape index (κ3) is 7.14. The van der Waals surface area contributed by atoms with E-state index in [0.29, 0.717) is 0 Å². The van der Waals surface area contributed by atoms with E-state index in [-0.39, 0.29) is 27.4 Å². The van der Waals surface area contributed by atoms with Gasteiger partial charge in [-0.1, -0.05) is 88.3 Å². The van der Waals surface area contributed by atoms with Gasteiger partial charge >= 0.3 is 0 Å². The molecule has 6 rings (SSSR count). The van der Waals surface area contributed by atoms with E-state index in [1.165, 1.54) is 140 Å². The second kappa shape index (κ2) is 15.4. The van der Waals surface area contributed by atoms with Gasteiger partial charge in [0.1, 0.15) is 15.0 Å². The normalized spacial score (nSPS) is 22.1. The van der Waals surface area contributed by atoms with Crippen LogP contribution in [-0.4, -0.2) is 17.0 Å². The van der Waals surface area contributed by atoms with Crippen LogP contribution < -0.4 is 9.80 Å². The summed E-state index contributed by atoms with van der Waals surface area (Å²) in [6.45, 7) is 13.7. The van der Waals surface area contributed by atoms with E-state index in [0.717, 1.165) is 26.2 Å². The molecule has 0 aromatic heterocycles. The first-order valence-corrected chi connectivity index (χ1v) is 20.6. The van der Waals surface area contributed by atoms with Crippen LogP contribution >= 0.6 is 39.8 Å². The summed E-state index contributed by atoms with van der Waals surface area (Å²) in [5.74, 6) is 1.43. The summed E-state index contributed by atoms with van der Waals surface area (Å²) >= 11 is 8.40. The molecule has 3 saturated carbocycles. The molecule has 1 aliphatic heterocycles. The first-order chi connectivity index (χ1) is 21.2. The molecule has 1 heterocycles. The van der Waals surface area contributed by atoms with Crippen molar-refractivity contribution in [3.8, 4) is 0 Å². The van der Waals surface area contributed by atoms with Crippen LogP contribution in [0.1, 0.15) is 123 Å². The van der Waals surface area contributed by atoms with Crippen LogP contribution in [0.2, 0.25) is 0 Å². The smallest absolute Gasteiger partial charge is 0.123 e. The standard InChI is InChI=1S/C39H53Br2N2P.Ru/c1-25-21-27(3)35(28(4)22-25)42-37(40)38(41)43(36-29(5)23-26(2)24-30(36)6)39(42)33-19-13-14-20-34(33)44(31-15-9-7-10-16-31)32-17-11-8-12-18-32;/h21-24,31-32,34H,7-20H2,1-6H3;. The summed E-state index contributed by atoms with van der Waals surface area (Å²) in [7, 11) is -0.0763. The molecule has 0 amide bonds. The zero-order valence-corrected chi connectivity index (χ0v) is 34.2.